The Balaban J connectivity index is 4.65. The van der Waals surface area contributed by atoms with Gasteiger partial charge >= 0.3 is 0 Å². The van der Waals surface area contributed by atoms with Gasteiger partial charge in [-0.25, -0.2) is 5.41 Å². The van der Waals surface area contributed by atoms with E-state index in [2.05, 4.69) is 4.99 Å². The van der Waals surface area contributed by atoms with Gasteiger partial charge in [-0.15, -0.1) is 0 Å². The van der Waals surface area contributed by atoms with Crippen molar-refractivity contribution in [2.75, 3.05) is 0 Å². The molecule has 0 saturated carbocycles. The highest BCUT2D eigenvalue weighted by Gasteiger charge is 2.37. The Hall–Kier alpha value is -0.740. The number of aliphatic imine (C=N–C) groups is 1. The van der Waals surface area contributed by atoms with E-state index in [9.17, 15) is 0 Å². The number of nitrogens with one attached hydrogen (secondary N) is 1. The van der Waals surface area contributed by atoms with E-state index in [-0.39, 0.29) is 0 Å². The van der Waals surface area contributed by atoms with Gasteiger partial charge in [-0.05, 0) is 13.3 Å². The van der Waals surface area contributed by atoms with Gasteiger partial charge in [0.05, 0.1) is 11.5 Å². The molecule has 0 fully saturated rings. The van der Waals surface area contributed by atoms with Gasteiger partial charge in [0.1, 0.15) is 0 Å². The van der Waals surface area contributed by atoms with Crippen LogP contribution < -0.4 is 17.2 Å². The largest absolute Gasteiger partial charge is 0.321 e. The van der Waals surface area contributed by atoms with Crippen molar-refractivity contribution in [2.45, 2.75) is 31.6 Å². The van der Waals surface area contributed by atoms with Crippen molar-refractivity contribution in [3.8, 4) is 0 Å². The predicted octanol–water partition coefficient (Wildman–Crippen LogP) is -0.562. The first kappa shape index (κ1) is 10.3. The third kappa shape index (κ3) is 2.10. The standard InChI is InChI=1S/C6H15N5/c1-3-5(2,8)6(9,10)11-4-7/h7H,3,8-10H2,1-2H3. The lowest BCUT2D eigenvalue weighted by Crippen LogP contribution is -2.68. The second-order valence-corrected chi connectivity index (χ2v) is 2.82. The van der Waals surface area contributed by atoms with Crippen molar-refractivity contribution in [3.63, 3.8) is 0 Å². The lowest BCUT2D eigenvalue weighted by Gasteiger charge is -2.35. The number of hydrogen-bond acceptors (Lipinski definition) is 5. The Bertz CT molecular complexity index is 177. The fourth-order valence-corrected chi connectivity index (χ4v) is 0.503. The minimum Gasteiger partial charge on any atom is -0.321 e. The highest BCUT2D eigenvalue weighted by Crippen LogP contribution is 2.15. The van der Waals surface area contributed by atoms with E-state index in [1.807, 2.05) is 6.92 Å². The maximum absolute atomic E-state index is 6.58. The molecule has 64 valence electrons. The number of nitrogens with zero attached hydrogens (tertiary/aromatic N) is 1. The van der Waals surface area contributed by atoms with E-state index in [4.69, 9.17) is 22.6 Å². The summed E-state index contributed by atoms with van der Waals surface area (Å²) in [4.78, 5) is 3.45. The molecule has 0 aliphatic heterocycles. The summed E-state index contributed by atoms with van der Waals surface area (Å²) in [6.45, 7) is 3.54. The molecule has 0 bridgehead atoms. The lowest BCUT2D eigenvalue weighted by atomic mass is 9.92. The Morgan fingerprint density at radius 1 is 1.45 bits per heavy atom. The summed E-state index contributed by atoms with van der Waals surface area (Å²) in [6, 6.07) is 1.79. The molecular formula is C6H15N5. The molecule has 11 heavy (non-hydrogen) atoms. The number of rotatable bonds is 3. The van der Waals surface area contributed by atoms with E-state index < -0.39 is 11.3 Å². The van der Waals surface area contributed by atoms with E-state index >= 15 is 0 Å². The molecule has 5 heteroatoms. The molecule has 0 aromatic carbocycles. The molecule has 0 aliphatic carbocycles. The SMILES string of the molecule is CCC(C)(N)C(N)(N)N=C=N. The summed E-state index contributed by atoms with van der Waals surface area (Å²) in [5.74, 6) is -1.40. The predicted molar refractivity (Wildman–Crippen MR) is 44.1 cm³/mol. The first-order chi connectivity index (χ1) is 4.87. The summed E-state index contributed by atoms with van der Waals surface area (Å²) in [5.41, 5.74) is 15.9. The van der Waals surface area contributed by atoms with Gasteiger partial charge in [-0.2, -0.15) is 4.99 Å². The molecule has 0 rings (SSSR count). The highest BCUT2D eigenvalue weighted by molar-refractivity contribution is 5.37. The van der Waals surface area contributed by atoms with Gasteiger partial charge in [-0.1, -0.05) is 6.92 Å². The monoisotopic (exact) mass is 157 g/mol. The minimum absolute atomic E-state index is 0.588. The first-order valence-corrected chi connectivity index (χ1v) is 3.37. The van der Waals surface area contributed by atoms with Crippen LogP contribution in [0.25, 0.3) is 0 Å². The maximum Gasteiger partial charge on any atom is 0.188 e. The minimum atomic E-state index is -1.40. The molecule has 1 atom stereocenters. The van der Waals surface area contributed by atoms with Crippen molar-refractivity contribution < 1.29 is 0 Å². The summed E-state index contributed by atoms with van der Waals surface area (Å²) in [5, 5.41) is 6.58. The Morgan fingerprint density at radius 3 is 2.18 bits per heavy atom. The summed E-state index contributed by atoms with van der Waals surface area (Å²) < 4.78 is 0. The summed E-state index contributed by atoms with van der Waals surface area (Å²) >= 11 is 0. The fraction of sp³-hybridized carbons (Fsp3) is 0.833. The molecule has 5 nitrogen and oxygen atoms in total. The average Bonchev–Trinajstić information content (AvgIpc) is 1.87. The van der Waals surface area contributed by atoms with Gasteiger partial charge in [0, 0.05) is 0 Å². The van der Waals surface area contributed by atoms with Crippen LogP contribution in [0.15, 0.2) is 4.99 Å². The molecule has 1 unspecified atom stereocenters. The smallest absolute Gasteiger partial charge is 0.188 e. The zero-order valence-corrected chi connectivity index (χ0v) is 6.89. The Kier molecular flexibility index (Phi) is 2.90. The first-order valence-electron chi connectivity index (χ1n) is 3.37. The van der Waals surface area contributed by atoms with E-state index in [1.54, 1.807) is 12.9 Å². The van der Waals surface area contributed by atoms with E-state index in [1.165, 1.54) is 0 Å². The normalized spacial score (nSPS) is 16.8. The van der Waals surface area contributed by atoms with Crippen LogP contribution in [0, 0.1) is 5.41 Å². The zero-order valence-electron chi connectivity index (χ0n) is 6.89. The third-order valence-electron chi connectivity index (χ3n) is 1.89. The van der Waals surface area contributed by atoms with Crippen molar-refractivity contribution in [3.05, 3.63) is 0 Å². The molecule has 0 heterocycles. The van der Waals surface area contributed by atoms with Crippen LogP contribution in [0.2, 0.25) is 0 Å². The van der Waals surface area contributed by atoms with Gasteiger partial charge in [0.2, 0.25) is 0 Å². The van der Waals surface area contributed by atoms with Gasteiger partial charge in [-0.3, -0.25) is 11.5 Å². The van der Waals surface area contributed by atoms with Crippen molar-refractivity contribution in [1.29, 1.82) is 5.41 Å². The molecule has 0 radical (unpaired) electrons. The van der Waals surface area contributed by atoms with E-state index in [0.29, 0.717) is 6.42 Å². The lowest BCUT2D eigenvalue weighted by molar-refractivity contribution is 0.249. The van der Waals surface area contributed by atoms with Gasteiger partial charge in [0.15, 0.2) is 5.79 Å². The van der Waals surface area contributed by atoms with Crippen LogP contribution in [-0.4, -0.2) is 17.3 Å². The molecule has 0 spiro atoms. The molecule has 0 amide bonds. The van der Waals surface area contributed by atoms with E-state index in [0.717, 1.165) is 0 Å². The molecule has 0 saturated heterocycles. The Labute approximate surface area is 66.2 Å². The zero-order chi connectivity index (χ0) is 9.12. The highest BCUT2D eigenvalue weighted by atomic mass is 15.2. The van der Waals surface area contributed by atoms with Crippen molar-refractivity contribution >= 4 is 6.01 Å². The van der Waals surface area contributed by atoms with Crippen LogP contribution in [-0.2, 0) is 0 Å². The second kappa shape index (κ2) is 3.11. The Morgan fingerprint density at radius 2 is 1.91 bits per heavy atom. The quantitative estimate of drug-likeness (QED) is 0.325. The molecule has 7 N–H and O–H groups in total. The van der Waals surface area contributed by atoms with Gasteiger partial charge < -0.3 is 5.73 Å². The van der Waals surface area contributed by atoms with Crippen molar-refractivity contribution in [1.82, 2.24) is 0 Å². The second-order valence-electron chi connectivity index (χ2n) is 2.82. The van der Waals surface area contributed by atoms with Crippen LogP contribution >= 0.6 is 0 Å². The summed E-state index contributed by atoms with van der Waals surface area (Å²) in [7, 11) is 0. The molecule has 0 aliphatic rings. The van der Waals surface area contributed by atoms with Crippen LogP contribution in [0.3, 0.4) is 0 Å². The van der Waals surface area contributed by atoms with Crippen LogP contribution in [0.4, 0.5) is 0 Å². The summed E-state index contributed by atoms with van der Waals surface area (Å²) in [6.07, 6.45) is 0.588. The average molecular weight is 157 g/mol. The topological polar surface area (TPSA) is 114 Å². The van der Waals surface area contributed by atoms with Crippen LogP contribution in [0.5, 0.6) is 0 Å². The van der Waals surface area contributed by atoms with Crippen molar-refractivity contribution in [2.24, 2.45) is 22.2 Å². The molecule has 0 aromatic rings. The fourth-order valence-electron chi connectivity index (χ4n) is 0.503. The molecular weight excluding hydrogens is 142 g/mol. The third-order valence-corrected chi connectivity index (χ3v) is 1.89. The van der Waals surface area contributed by atoms with Crippen LogP contribution in [0.1, 0.15) is 20.3 Å². The number of hydrogen-bond donors (Lipinski definition) is 4. The maximum atomic E-state index is 6.58. The molecule has 0 aromatic heterocycles. The van der Waals surface area contributed by atoms with Gasteiger partial charge in [0.25, 0.3) is 0 Å². The number of nitrogens with two attached hydrogens (primary N) is 3.